The number of hydrogen-bond donors (Lipinski definition) is 1. The summed E-state index contributed by atoms with van der Waals surface area (Å²) in [5.74, 6) is -1.09. The summed E-state index contributed by atoms with van der Waals surface area (Å²) >= 11 is 1.23. The van der Waals surface area contributed by atoms with Gasteiger partial charge in [-0.3, -0.25) is 19.7 Å². The third-order valence-corrected chi connectivity index (χ3v) is 3.62. The molecule has 2 N–H and O–H groups in total. The second kappa shape index (κ2) is 7.07. The highest BCUT2D eigenvalue weighted by molar-refractivity contribution is 7.98. The molecule has 0 aliphatic rings. The molecule has 0 bridgehead atoms. The predicted molar refractivity (Wildman–Crippen MR) is 80.2 cm³/mol. The fourth-order valence-corrected chi connectivity index (χ4v) is 2.34. The number of carbonyl (C=O) groups excluding carboxylic acids is 2. The van der Waals surface area contributed by atoms with Crippen LogP contribution in [0.2, 0.25) is 0 Å². The van der Waals surface area contributed by atoms with Crippen molar-refractivity contribution in [2.45, 2.75) is 24.8 Å². The number of carbonyl (C=O) groups is 2. The van der Waals surface area contributed by atoms with Gasteiger partial charge in [0.25, 0.3) is 11.6 Å². The van der Waals surface area contributed by atoms with Crippen LogP contribution in [0, 0.1) is 10.1 Å². The summed E-state index contributed by atoms with van der Waals surface area (Å²) in [4.78, 5) is 35.7. The maximum atomic E-state index is 12.4. The minimum absolute atomic E-state index is 0.129. The van der Waals surface area contributed by atoms with E-state index in [1.165, 1.54) is 34.9 Å². The van der Waals surface area contributed by atoms with Crippen LogP contribution >= 0.6 is 11.8 Å². The van der Waals surface area contributed by atoms with Crippen molar-refractivity contribution < 1.29 is 14.5 Å². The van der Waals surface area contributed by atoms with Crippen LogP contribution in [0.5, 0.6) is 0 Å². The van der Waals surface area contributed by atoms with E-state index in [4.69, 9.17) is 5.73 Å². The number of hydrogen-bond acceptors (Lipinski definition) is 5. The van der Waals surface area contributed by atoms with Crippen molar-refractivity contribution in [3.8, 4) is 0 Å². The van der Waals surface area contributed by atoms with Crippen molar-refractivity contribution >= 4 is 29.3 Å². The summed E-state index contributed by atoms with van der Waals surface area (Å²) < 4.78 is 0. The average molecular weight is 311 g/mol. The number of rotatable bonds is 6. The van der Waals surface area contributed by atoms with E-state index in [-0.39, 0.29) is 23.8 Å². The predicted octanol–water partition coefficient (Wildman–Crippen LogP) is 1.65. The quantitative estimate of drug-likeness (QED) is 0.488. The van der Waals surface area contributed by atoms with Gasteiger partial charge in [0.15, 0.2) is 0 Å². The van der Waals surface area contributed by atoms with Crippen molar-refractivity contribution in [3.63, 3.8) is 0 Å². The van der Waals surface area contributed by atoms with Crippen LogP contribution in [0.3, 0.4) is 0 Å². The summed E-state index contributed by atoms with van der Waals surface area (Å²) in [7, 11) is 0. The molecule has 0 saturated carbocycles. The average Bonchev–Trinajstić information content (AvgIpc) is 2.42. The van der Waals surface area contributed by atoms with E-state index in [0.29, 0.717) is 4.90 Å². The molecule has 0 atom stereocenters. The normalized spacial score (nSPS) is 10.5. The first-order valence-corrected chi connectivity index (χ1v) is 7.42. The second-order valence-corrected chi connectivity index (χ2v) is 5.48. The molecule has 7 nitrogen and oxygen atoms in total. The minimum atomic E-state index is -0.632. The first-order chi connectivity index (χ1) is 9.77. The van der Waals surface area contributed by atoms with Crippen LogP contribution < -0.4 is 5.73 Å². The molecule has 0 saturated heterocycles. The van der Waals surface area contributed by atoms with Crippen molar-refractivity contribution in [2.24, 2.45) is 5.73 Å². The zero-order valence-electron chi connectivity index (χ0n) is 12.0. The lowest BCUT2D eigenvalue weighted by Crippen LogP contribution is -2.42. The molecule has 8 heteroatoms. The minimum Gasteiger partial charge on any atom is -0.368 e. The Labute approximate surface area is 126 Å². The second-order valence-electron chi connectivity index (χ2n) is 4.64. The van der Waals surface area contributed by atoms with Gasteiger partial charge in [-0.15, -0.1) is 11.8 Å². The van der Waals surface area contributed by atoms with E-state index in [1.54, 1.807) is 20.1 Å². The molecule has 1 rings (SSSR count). The van der Waals surface area contributed by atoms with Crippen molar-refractivity contribution in [1.29, 1.82) is 0 Å². The lowest BCUT2D eigenvalue weighted by atomic mass is 10.1. The molecule has 1 aromatic carbocycles. The fraction of sp³-hybridized carbons (Fsp3) is 0.385. The van der Waals surface area contributed by atoms with Gasteiger partial charge in [-0.05, 0) is 32.2 Å². The van der Waals surface area contributed by atoms with E-state index in [2.05, 4.69) is 0 Å². The van der Waals surface area contributed by atoms with Gasteiger partial charge in [-0.2, -0.15) is 0 Å². The SMILES string of the molecule is CSc1ccc(C(=O)N(CC(N)=O)C(C)C)cc1[N+](=O)[O-]. The lowest BCUT2D eigenvalue weighted by Gasteiger charge is -2.25. The molecule has 0 radical (unpaired) electrons. The summed E-state index contributed by atoms with van der Waals surface area (Å²) in [6.45, 7) is 3.26. The molecule has 114 valence electrons. The molecule has 2 amide bonds. The van der Waals surface area contributed by atoms with Crippen LogP contribution in [0.1, 0.15) is 24.2 Å². The Morgan fingerprint density at radius 3 is 2.48 bits per heavy atom. The zero-order chi connectivity index (χ0) is 16.2. The Balaban J connectivity index is 3.19. The summed E-state index contributed by atoms with van der Waals surface area (Å²) in [5.41, 5.74) is 5.16. The Morgan fingerprint density at radius 1 is 1.43 bits per heavy atom. The molecular formula is C13H17N3O4S. The third kappa shape index (κ3) is 4.19. The zero-order valence-corrected chi connectivity index (χ0v) is 12.8. The molecule has 0 heterocycles. The van der Waals surface area contributed by atoms with Gasteiger partial charge >= 0.3 is 0 Å². The number of nitrogens with two attached hydrogens (primary N) is 1. The summed E-state index contributed by atoms with van der Waals surface area (Å²) in [6.07, 6.45) is 1.72. The Bertz CT molecular complexity index is 575. The molecule has 21 heavy (non-hydrogen) atoms. The molecular weight excluding hydrogens is 294 g/mol. The van der Waals surface area contributed by atoms with E-state index in [1.807, 2.05) is 0 Å². The highest BCUT2D eigenvalue weighted by atomic mass is 32.2. The highest BCUT2D eigenvalue weighted by Crippen LogP contribution is 2.28. The van der Waals surface area contributed by atoms with Gasteiger partial charge in [0.05, 0.1) is 16.4 Å². The fourth-order valence-electron chi connectivity index (χ4n) is 1.79. The van der Waals surface area contributed by atoms with Crippen molar-refractivity contribution in [2.75, 3.05) is 12.8 Å². The largest absolute Gasteiger partial charge is 0.368 e. The standard InChI is InChI=1S/C13H17N3O4S/c1-8(2)15(7-12(14)17)13(18)9-4-5-11(21-3)10(6-9)16(19)20/h4-6,8H,7H2,1-3H3,(H2,14,17). The van der Waals surface area contributed by atoms with E-state index >= 15 is 0 Å². The van der Waals surface area contributed by atoms with Gasteiger partial charge in [-0.1, -0.05) is 0 Å². The molecule has 1 aromatic rings. The van der Waals surface area contributed by atoms with Gasteiger partial charge in [0, 0.05) is 17.7 Å². The Kier molecular flexibility index (Phi) is 5.71. The van der Waals surface area contributed by atoms with Crippen molar-refractivity contribution in [1.82, 2.24) is 4.90 Å². The third-order valence-electron chi connectivity index (χ3n) is 2.83. The number of nitro benzene ring substituents is 1. The van der Waals surface area contributed by atoms with E-state index in [0.717, 1.165) is 0 Å². The number of amides is 2. The monoisotopic (exact) mass is 311 g/mol. The smallest absolute Gasteiger partial charge is 0.283 e. The molecule has 0 aromatic heterocycles. The first kappa shape index (κ1) is 17.0. The van der Waals surface area contributed by atoms with Gasteiger partial charge in [-0.25, -0.2) is 0 Å². The Hall–Kier alpha value is -2.09. The van der Waals surface area contributed by atoms with E-state index in [9.17, 15) is 19.7 Å². The molecule has 0 aliphatic heterocycles. The van der Waals surface area contributed by atoms with Crippen LogP contribution in [0.15, 0.2) is 23.1 Å². The van der Waals surface area contributed by atoms with Crippen LogP contribution in [-0.4, -0.2) is 40.5 Å². The first-order valence-electron chi connectivity index (χ1n) is 6.19. The van der Waals surface area contributed by atoms with Crippen LogP contribution in [-0.2, 0) is 4.79 Å². The summed E-state index contributed by atoms with van der Waals surface area (Å²) in [5, 5.41) is 11.0. The summed E-state index contributed by atoms with van der Waals surface area (Å²) in [6, 6.07) is 4.02. The number of primary amides is 1. The molecule has 0 unspecified atom stereocenters. The van der Waals surface area contributed by atoms with Gasteiger partial charge < -0.3 is 10.6 Å². The molecule has 0 aliphatic carbocycles. The van der Waals surface area contributed by atoms with Crippen LogP contribution in [0.25, 0.3) is 0 Å². The maximum Gasteiger partial charge on any atom is 0.283 e. The van der Waals surface area contributed by atoms with E-state index < -0.39 is 16.7 Å². The Morgan fingerprint density at radius 2 is 2.05 bits per heavy atom. The molecule has 0 fully saturated rings. The number of nitrogens with zero attached hydrogens (tertiary/aromatic N) is 2. The van der Waals surface area contributed by atoms with Gasteiger partial charge in [0.1, 0.15) is 0 Å². The topological polar surface area (TPSA) is 107 Å². The number of thioether (sulfide) groups is 1. The molecule has 0 spiro atoms. The number of benzene rings is 1. The highest BCUT2D eigenvalue weighted by Gasteiger charge is 2.23. The van der Waals surface area contributed by atoms with Crippen molar-refractivity contribution in [3.05, 3.63) is 33.9 Å². The lowest BCUT2D eigenvalue weighted by molar-refractivity contribution is -0.387. The number of nitro groups is 1. The van der Waals surface area contributed by atoms with Crippen LogP contribution in [0.4, 0.5) is 5.69 Å². The maximum absolute atomic E-state index is 12.4. The van der Waals surface area contributed by atoms with Gasteiger partial charge in [0.2, 0.25) is 5.91 Å².